The van der Waals surface area contributed by atoms with Crippen LogP contribution in [0.15, 0.2) is 15.6 Å². The summed E-state index contributed by atoms with van der Waals surface area (Å²) >= 11 is 0. The predicted octanol–water partition coefficient (Wildman–Crippen LogP) is 2.58. The summed E-state index contributed by atoms with van der Waals surface area (Å²) in [5.74, 6) is 2.16. The maximum atomic E-state index is 5.53. The van der Waals surface area contributed by atoms with Crippen molar-refractivity contribution in [3.05, 3.63) is 17.5 Å². The van der Waals surface area contributed by atoms with Crippen LogP contribution in [-0.2, 0) is 17.7 Å². The third-order valence-corrected chi connectivity index (χ3v) is 2.83. The summed E-state index contributed by atoms with van der Waals surface area (Å²) in [4.78, 5) is 4.17. The van der Waals surface area contributed by atoms with Crippen LogP contribution in [0.2, 0.25) is 0 Å². The molecule has 0 aromatic carbocycles. The highest BCUT2D eigenvalue weighted by atomic mass is 127. The molecule has 0 aliphatic carbocycles. The van der Waals surface area contributed by atoms with Crippen molar-refractivity contribution >= 4 is 29.9 Å². The minimum absolute atomic E-state index is 0. The number of aliphatic imine (C=N–C) groups is 1. The van der Waals surface area contributed by atoms with E-state index in [2.05, 4.69) is 41.6 Å². The van der Waals surface area contributed by atoms with Gasteiger partial charge in [0.05, 0.1) is 12.2 Å². The molecular weight excluding hydrogens is 395 g/mol. The molecule has 1 heterocycles. The van der Waals surface area contributed by atoms with Gasteiger partial charge in [0.2, 0.25) is 0 Å². The molecule has 0 bridgehead atoms. The lowest BCUT2D eigenvalue weighted by atomic mass is 10.2. The minimum Gasteiger partial charge on any atom is -0.381 e. The fourth-order valence-corrected chi connectivity index (χ4v) is 1.70. The van der Waals surface area contributed by atoms with Crippen LogP contribution < -0.4 is 10.6 Å². The van der Waals surface area contributed by atoms with Crippen molar-refractivity contribution in [3.63, 3.8) is 0 Å². The molecule has 1 aromatic rings. The highest BCUT2D eigenvalue weighted by Crippen LogP contribution is 2.03. The van der Waals surface area contributed by atoms with Gasteiger partial charge < -0.3 is 19.9 Å². The Hall–Kier alpha value is -0.830. The first-order valence-corrected chi connectivity index (χ1v) is 7.62. The van der Waals surface area contributed by atoms with E-state index in [0.29, 0.717) is 12.5 Å². The Morgan fingerprint density at radius 2 is 2.18 bits per heavy atom. The first kappa shape index (κ1) is 21.2. The van der Waals surface area contributed by atoms with Gasteiger partial charge >= 0.3 is 0 Å². The summed E-state index contributed by atoms with van der Waals surface area (Å²) in [6.45, 7) is 9.35. The third-order valence-electron chi connectivity index (χ3n) is 2.83. The lowest BCUT2D eigenvalue weighted by molar-refractivity contribution is 0.108. The van der Waals surface area contributed by atoms with E-state index in [1.807, 2.05) is 6.07 Å². The second kappa shape index (κ2) is 12.7. The summed E-state index contributed by atoms with van der Waals surface area (Å²) in [5.41, 5.74) is 0.969. The van der Waals surface area contributed by atoms with Gasteiger partial charge in [-0.25, -0.2) is 0 Å². The number of aromatic nitrogens is 1. The molecule has 0 saturated carbocycles. The number of rotatable bonds is 9. The Labute approximate surface area is 150 Å². The van der Waals surface area contributed by atoms with Crippen molar-refractivity contribution in [1.82, 2.24) is 15.8 Å². The summed E-state index contributed by atoms with van der Waals surface area (Å²) in [5, 5.41) is 10.4. The zero-order chi connectivity index (χ0) is 15.5. The van der Waals surface area contributed by atoms with Gasteiger partial charge in [0.15, 0.2) is 11.7 Å². The number of hydrogen-bond acceptors (Lipinski definition) is 4. The van der Waals surface area contributed by atoms with Gasteiger partial charge in [-0.05, 0) is 18.8 Å². The van der Waals surface area contributed by atoms with Crippen molar-refractivity contribution < 1.29 is 9.26 Å². The molecule has 0 spiro atoms. The first-order chi connectivity index (χ1) is 10.2. The first-order valence-electron chi connectivity index (χ1n) is 7.62. The molecule has 0 saturated heterocycles. The SMILES string of the molecule is CCc1cc(CNC(=NC)NCCCOCC(C)C)on1.I. The molecular formula is C15H29IN4O2. The van der Waals surface area contributed by atoms with Crippen LogP contribution >= 0.6 is 24.0 Å². The van der Waals surface area contributed by atoms with Gasteiger partial charge in [0.25, 0.3) is 0 Å². The number of halogens is 1. The lowest BCUT2D eigenvalue weighted by Crippen LogP contribution is -2.37. The van der Waals surface area contributed by atoms with Gasteiger partial charge in [-0.15, -0.1) is 24.0 Å². The molecule has 0 amide bonds. The number of guanidine groups is 1. The number of hydrogen-bond donors (Lipinski definition) is 2. The van der Waals surface area contributed by atoms with Gasteiger partial charge in [-0.1, -0.05) is 25.9 Å². The van der Waals surface area contributed by atoms with E-state index >= 15 is 0 Å². The molecule has 128 valence electrons. The third kappa shape index (κ3) is 9.24. The van der Waals surface area contributed by atoms with E-state index in [9.17, 15) is 0 Å². The smallest absolute Gasteiger partial charge is 0.191 e. The molecule has 0 aliphatic rings. The Bertz CT molecular complexity index is 421. The zero-order valence-electron chi connectivity index (χ0n) is 14.0. The van der Waals surface area contributed by atoms with E-state index in [-0.39, 0.29) is 24.0 Å². The highest BCUT2D eigenvalue weighted by Gasteiger charge is 2.03. The van der Waals surface area contributed by atoms with E-state index in [0.717, 1.165) is 50.0 Å². The van der Waals surface area contributed by atoms with Gasteiger partial charge in [-0.2, -0.15) is 0 Å². The van der Waals surface area contributed by atoms with Crippen molar-refractivity contribution in [1.29, 1.82) is 0 Å². The minimum atomic E-state index is 0. The number of aryl methyl sites for hydroxylation is 1. The summed E-state index contributed by atoms with van der Waals surface area (Å²) in [7, 11) is 1.75. The fraction of sp³-hybridized carbons (Fsp3) is 0.733. The van der Waals surface area contributed by atoms with Crippen molar-refractivity contribution in [2.45, 2.75) is 40.2 Å². The Kier molecular flexibility index (Phi) is 12.2. The molecule has 0 atom stereocenters. The van der Waals surface area contributed by atoms with Crippen LogP contribution in [0.25, 0.3) is 0 Å². The highest BCUT2D eigenvalue weighted by molar-refractivity contribution is 14.0. The van der Waals surface area contributed by atoms with E-state index in [1.54, 1.807) is 7.05 Å². The van der Waals surface area contributed by atoms with Crippen molar-refractivity contribution in [2.75, 3.05) is 26.8 Å². The standard InChI is InChI=1S/C15H28N4O2.HI/c1-5-13-9-14(21-19-13)10-18-15(16-4)17-7-6-8-20-11-12(2)3;/h9,12H,5-8,10-11H2,1-4H3,(H2,16,17,18);1H. The zero-order valence-corrected chi connectivity index (χ0v) is 16.3. The largest absolute Gasteiger partial charge is 0.381 e. The Morgan fingerprint density at radius 1 is 1.41 bits per heavy atom. The second-order valence-corrected chi connectivity index (χ2v) is 5.31. The van der Waals surface area contributed by atoms with Crippen LogP contribution in [-0.4, -0.2) is 37.9 Å². The summed E-state index contributed by atoms with van der Waals surface area (Å²) in [6, 6.07) is 1.96. The molecule has 22 heavy (non-hydrogen) atoms. The van der Waals surface area contributed by atoms with Crippen LogP contribution in [0, 0.1) is 5.92 Å². The maximum absolute atomic E-state index is 5.53. The molecule has 0 radical (unpaired) electrons. The summed E-state index contributed by atoms with van der Waals surface area (Å²) in [6.07, 6.45) is 1.84. The average Bonchev–Trinajstić information content (AvgIpc) is 2.93. The Morgan fingerprint density at radius 3 is 2.77 bits per heavy atom. The number of nitrogens with zero attached hydrogens (tertiary/aromatic N) is 2. The topological polar surface area (TPSA) is 71.7 Å². The molecule has 0 unspecified atom stereocenters. The molecule has 0 fully saturated rings. The molecule has 2 N–H and O–H groups in total. The molecule has 1 rings (SSSR count). The van der Waals surface area contributed by atoms with E-state index in [4.69, 9.17) is 9.26 Å². The average molecular weight is 424 g/mol. The Balaban J connectivity index is 0.00000441. The summed E-state index contributed by atoms with van der Waals surface area (Å²) < 4.78 is 10.7. The van der Waals surface area contributed by atoms with Crippen molar-refractivity contribution in [3.8, 4) is 0 Å². The maximum Gasteiger partial charge on any atom is 0.191 e. The van der Waals surface area contributed by atoms with Crippen LogP contribution in [0.4, 0.5) is 0 Å². The molecule has 1 aromatic heterocycles. The van der Waals surface area contributed by atoms with E-state index < -0.39 is 0 Å². The quantitative estimate of drug-likeness (QED) is 0.276. The predicted molar refractivity (Wildman–Crippen MR) is 99.8 cm³/mol. The van der Waals surface area contributed by atoms with Gasteiger partial charge in [0, 0.05) is 32.9 Å². The molecule has 6 nitrogen and oxygen atoms in total. The molecule has 7 heteroatoms. The monoisotopic (exact) mass is 424 g/mol. The number of nitrogens with one attached hydrogen (secondary N) is 2. The van der Waals surface area contributed by atoms with Crippen LogP contribution in [0.5, 0.6) is 0 Å². The normalized spacial score (nSPS) is 11.4. The van der Waals surface area contributed by atoms with E-state index in [1.165, 1.54) is 0 Å². The lowest BCUT2D eigenvalue weighted by Gasteiger charge is -2.11. The van der Waals surface area contributed by atoms with Crippen molar-refractivity contribution in [2.24, 2.45) is 10.9 Å². The van der Waals surface area contributed by atoms with Crippen LogP contribution in [0.3, 0.4) is 0 Å². The second-order valence-electron chi connectivity index (χ2n) is 5.31. The van der Waals surface area contributed by atoms with Crippen LogP contribution in [0.1, 0.15) is 38.6 Å². The molecule has 0 aliphatic heterocycles. The number of ether oxygens (including phenoxy) is 1. The van der Waals surface area contributed by atoms with Gasteiger partial charge in [0.1, 0.15) is 0 Å². The fourth-order valence-electron chi connectivity index (χ4n) is 1.70. The van der Waals surface area contributed by atoms with Gasteiger partial charge in [-0.3, -0.25) is 4.99 Å².